The van der Waals surface area contributed by atoms with E-state index >= 15 is 0 Å². The van der Waals surface area contributed by atoms with Crippen LogP contribution in [0.15, 0.2) is 0 Å². The molecule has 0 aromatic rings. The molecular formula is C10H21BrN2. The molecular weight excluding hydrogens is 228 g/mol. The molecule has 1 aliphatic heterocycles. The van der Waals surface area contributed by atoms with Crippen LogP contribution in [0.3, 0.4) is 0 Å². The molecule has 1 saturated heterocycles. The highest BCUT2D eigenvalue weighted by molar-refractivity contribution is 9.09. The Balaban J connectivity index is 2.10. The van der Waals surface area contributed by atoms with Crippen LogP contribution in [0.1, 0.15) is 19.8 Å². The maximum atomic E-state index is 3.51. The van der Waals surface area contributed by atoms with E-state index in [4.69, 9.17) is 0 Å². The minimum absolute atomic E-state index is 0.655. The minimum atomic E-state index is 0.655. The van der Waals surface area contributed by atoms with Gasteiger partial charge in [0.05, 0.1) is 0 Å². The van der Waals surface area contributed by atoms with Crippen LogP contribution in [0.25, 0.3) is 0 Å². The minimum Gasteiger partial charge on any atom is -0.302 e. The van der Waals surface area contributed by atoms with E-state index in [2.05, 4.69) is 39.7 Å². The summed E-state index contributed by atoms with van der Waals surface area (Å²) in [6, 6.07) is 0.655. The van der Waals surface area contributed by atoms with Crippen LogP contribution in [0.5, 0.6) is 0 Å². The molecule has 0 saturated carbocycles. The van der Waals surface area contributed by atoms with Crippen molar-refractivity contribution in [3.05, 3.63) is 0 Å². The highest BCUT2D eigenvalue weighted by atomic mass is 79.9. The molecule has 1 atom stereocenters. The standard InChI is InChI=1S/C10H21BrN2/c1-10(9-11)12(2)7-8-13-5-3-4-6-13/h10H,3-9H2,1-2H3. The van der Waals surface area contributed by atoms with Gasteiger partial charge in [0.25, 0.3) is 0 Å². The summed E-state index contributed by atoms with van der Waals surface area (Å²) < 4.78 is 0. The Morgan fingerprint density at radius 1 is 1.38 bits per heavy atom. The Bertz CT molecular complexity index is 135. The lowest BCUT2D eigenvalue weighted by molar-refractivity contribution is 0.227. The number of likely N-dealkylation sites (tertiary alicyclic amines) is 1. The zero-order valence-corrected chi connectivity index (χ0v) is 10.4. The van der Waals surface area contributed by atoms with E-state index in [1.165, 1.54) is 39.0 Å². The molecule has 13 heavy (non-hydrogen) atoms. The number of nitrogens with zero attached hydrogens (tertiary/aromatic N) is 2. The van der Waals surface area contributed by atoms with Crippen LogP contribution in [0.4, 0.5) is 0 Å². The first kappa shape index (κ1) is 11.5. The van der Waals surface area contributed by atoms with Crippen LogP contribution in [0.2, 0.25) is 0 Å². The van der Waals surface area contributed by atoms with E-state index in [9.17, 15) is 0 Å². The molecule has 0 aromatic carbocycles. The predicted molar refractivity (Wildman–Crippen MR) is 61.6 cm³/mol. The lowest BCUT2D eigenvalue weighted by Crippen LogP contribution is -2.37. The third-order valence-corrected chi connectivity index (χ3v) is 3.88. The Hall–Kier alpha value is 0.400. The normalized spacial score (nSPS) is 21.2. The molecule has 1 rings (SSSR count). The molecule has 0 aromatic heterocycles. The van der Waals surface area contributed by atoms with Crippen molar-refractivity contribution in [1.82, 2.24) is 9.80 Å². The van der Waals surface area contributed by atoms with Crippen LogP contribution in [0, 0.1) is 0 Å². The van der Waals surface area contributed by atoms with E-state index in [0.717, 1.165) is 5.33 Å². The number of rotatable bonds is 5. The van der Waals surface area contributed by atoms with Crippen molar-refractivity contribution in [2.75, 3.05) is 38.6 Å². The van der Waals surface area contributed by atoms with Crippen LogP contribution >= 0.6 is 15.9 Å². The van der Waals surface area contributed by atoms with Crippen molar-refractivity contribution >= 4 is 15.9 Å². The topological polar surface area (TPSA) is 6.48 Å². The van der Waals surface area contributed by atoms with Crippen molar-refractivity contribution in [2.24, 2.45) is 0 Å². The molecule has 3 heteroatoms. The van der Waals surface area contributed by atoms with Gasteiger partial charge in [0.1, 0.15) is 0 Å². The molecule has 1 aliphatic rings. The second-order valence-corrected chi connectivity index (χ2v) is 4.68. The Labute approximate surface area is 90.4 Å². The maximum absolute atomic E-state index is 3.51. The van der Waals surface area contributed by atoms with Crippen molar-refractivity contribution in [3.8, 4) is 0 Å². The summed E-state index contributed by atoms with van der Waals surface area (Å²) in [6.45, 7) is 7.34. The summed E-state index contributed by atoms with van der Waals surface area (Å²) in [4.78, 5) is 4.99. The van der Waals surface area contributed by atoms with Gasteiger partial charge in [0.15, 0.2) is 0 Å². The van der Waals surface area contributed by atoms with Gasteiger partial charge >= 0.3 is 0 Å². The summed E-state index contributed by atoms with van der Waals surface area (Å²) in [6.07, 6.45) is 2.80. The third-order valence-electron chi connectivity index (χ3n) is 2.94. The zero-order chi connectivity index (χ0) is 9.68. The van der Waals surface area contributed by atoms with Gasteiger partial charge in [-0.15, -0.1) is 0 Å². The number of likely N-dealkylation sites (N-methyl/N-ethyl adjacent to an activating group) is 1. The lowest BCUT2D eigenvalue weighted by atomic mass is 10.3. The Kier molecular flexibility index (Phi) is 5.29. The smallest absolute Gasteiger partial charge is 0.0185 e. The van der Waals surface area contributed by atoms with E-state index in [-0.39, 0.29) is 0 Å². The summed E-state index contributed by atoms with van der Waals surface area (Å²) in [7, 11) is 2.21. The summed E-state index contributed by atoms with van der Waals surface area (Å²) in [5, 5.41) is 1.07. The second-order valence-electron chi connectivity index (χ2n) is 4.03. The van der Waals surface area contributed by atoms with Gasteiger partial charge < -0.3 is 9.80 Å². The summed E-state index contributed by atoms with van der Waals surface area (Å²) >= 11 is 3.51. The highest BCUT2D eigenvalue weighted by Gasteiger charge is 2.13. The SMILES string of the molecule is CC(CBr)N(C)CCN1CCCC1. The molecule has 0 bridgehead atoms. The predicted octanol–water partition coefficient (Wildman–Crippen LogP) is 1.80. The Morgan fingerprint density at radius 3 is 2.54 bits per heavy atom. The molecule has 0 N–H and O–H groups in total. The summed E-state index contributed by atoms with van der Waals surface area (Å²) in [5.74, 6) is 0. The largest absolute Gasteiger partial charge is 0.302 e. The van der Waals surface area contributed by atoms with Crippen molar-refractivity contribution in [1.29, 1.82) is 0 Å². The molecule has 78 valence electrons. The maximum Gasteiger partial charge on any atom is 0.0185 e. The Morgan fingerprint density at radius 2 is 2.00 bits per heavy atom. The first-order chi connectivity index (χ1) is 6.24. The first-order valence-electron chi connectivity index (χ1n) is 5.22. The second kappa shape index (κ2) is 5.99. The number of hydrogen-bond donors (Lipinski definition) is 0. The molecule has 0 amide bonds. The zero-order valence-electron chi connectivity index (χ0n) is 8.80. The van der Waals surface area contributed by atoms with Gasteiger partial charge in [-0.1, -0.05) is 15.9 Å². The van der Waals surface area contributed by atoms with Crippen molar-refractivity contribution < 1.29 is 0 Å². The highest BCUT2D eigenvalue weighted by Crippen LogP contribution is 2.07. The number of alkyl halides is 1. The van der Waals surface area contributed by atoms with Crippen LogP contribution in [-0.2, 0) is 0 Å². The molecule has 2 nitrogen and oxygen atoms in total. The molecule has 0 radical (unpaired) electrons. The van der Waals surface area contributed by atoms with Gasteiger partial charge in [0.2, 0.25) is 0 Å². The van der Waals surface area contributed by atoms with Crippen LogP contribution in [-0.4, -0.2) is 54.4 Å². The van der Waals surface area contributed by atoms with E-state index in [1.807, 2.05) is 0 Å². The fourth-order valence-electron chi connectivity index (χ4n) is 1.64. The van der Waals surface area contributed by atoms with E-state index in [0.29, 0.717) is 6.04 Å². The number of hydrogen-bond acceptors (Lipinski definition) is 2. The van der Waals surface area contributed by atoms with Gasteiger partial charge in [-0.2, -0.15) is 0 Å². The molecule has 0 spiro atoms. The molecule has 1 unspecified atom stereocenters. The van der Waals surface area contributed by atoms with Crippen LogP contribution < -0.4 is 0 Å². The third kappa shape index (κ3) is 3.96. The molecule has 1 fully saturated rings. The van der Waals surface area contributed by atoms with Gasteiger partial charge in [-0.05, 0) is 39.9 Å². The molecule has 1 heterocycles. The number of halogens is 1. The van der Waals surface area contributed by atoms with Crippen molar-refractivity contribution in [3.63, 3.8) is 0 Å². The quantitative estimate of drug-likeness (QED) is 0.685. The van der Waals surface area contributed by atoms with Gasteiger partial charge in [-0.25, -0.2) is 0 Å². The fraction of sp³-hybridized carbons (Fsp3) is 1.00. The average molecular weight is 249 g/mol. The van der Waals surface area contributed by atoms with E-state index < -0.39 is 0 Å². The first-order valence-corrected chi connectivity index (χ1v) is 6.34. The lowest BCUT2D eigenvalue weighted by Gasteiger charge is -2.25. The molecule has 0 aliphatic carbocycles. The van der Waals surface area contributed by atoms with Gasteiger partial charge in [0, 0.05) is 24.5 Å². The monoisotopic (exact) mass is 248 g/mol. The fourth-order valence-corrected chi connectivity index (χ4v) is 2.14. The van der Waals surface area contributed by atoms with E-state index in [1.54, 1.807) is 0 Å². The van der Waals surface area contributed by atoms with Crippen molar-refractivity contribution in [2.45, 2.75) is 25.8 Å². The summed E-state index contributed by atoms with van der Waals surface area (Å²) in [5.41, 5.74) is 0. The average Bonchev–Trinajstić information content (AvgIpc) is 2.65. The van der Waals surface area contributed by atoms with Gasteiger partial charge in [-0.3, -0.25) is 0 Å².